The Balaban J connectivity index is 1.34. The van der Waals surface area contributed by atoms with Crippen molar-refractivity contribution in [2.75, 3.05) is 23.7 Å². The third kappa shape index (κ3) is 3.46. The number of nitrogens with zero attached hydrogens (tertiary/aromatic N) is 4. The van der Waals surface area contributed by atoms with Gasteiger partial charge in [0, 0.05) is 31.0 Å². The molecule has 0 spiro atoms. The number of hydrogen-bond donors (Lipinski definition) is 2. The first-order chi connectivity index (χ1) is 12.7. The second-order valence-corrected chi connectivity index (χ2v) is 6.66. The van der Waals surface area contributed by atoms with Crippen LogP contribution in [0.4, 0.5) is 16.2 Å². The van der Waals surface area contributed by atoms with Crippen LogP contribution in [0.3, 0.4) is 0 Å². The number of anilines is 2. The molecule has 0 bridgehead atoms. The zero-order valence-electron chi connectivity index (χ0n) is 14.7. The lowest BCUT2D eigenvalue weighted by Crippen LogP contribution is -2.44. The van der Waals surface area contributed by atoms with Crippen molar-refractivity contribution < 1.29 is 4.79 Å². The molecule has 2 aromatic heterocycles. The number of nitrogens with one attached hydrogen (secondary N) is 2. The molecule has 1 fully saturated rings. The second kappa shape index (κ2) is 7.03. The van der Waals surface area contributed by atoms with Crippen molar-refractivity contribution in [3.63, 3.8) is 0 Å². The van der Waals surface area contributed by atoms with Gasteiger partial charge in [0.2, 0.25) is 0 Å². The highest BCUT2D eigenvalue weighted by Gasteiger charge is 2.23. The number of rotatable bonds is 3. The lowest BCUT2D eigenvalue weighted by molar-refractivity contribution is 0.197. The molecule has 0 aliphatic carbocycles. The number of aromatic nitrogens is 3. The topological polar surface area (TPSA) is 74.6 Å². The van der Waals surface area contributed by atoms with Crippen LogP contribution in [0.2, 0.25) is 0 Å². The van der Waals surface area contributed by atoms with E-state index in [1.54, 1.807) is 10.7 Å². The predicted molar refractivity (Wildman–Crippen MR) is 101 cm³/mol. The average molecular weight is 350 g/mol. The Morgan fingerprint density at radius 3 is 2.85 bits per heavy atom. The van der Waals surface area contributed by atoms with E-state index >= 15 is 0 Å². The number of likely N-dealkylation sites (tertiary alicyclic amines) is 1. The number of urea groups is 1. The third-order valence-electron chi connectivity index (χ3n) is 4.72. The van der Waals surface area contributed by atoms with E-state index < -0.39 is 0 Å². The Kier molecular flexibility index (Phi) is 4.43. The lowest BCUT2D eigenvalue weighted by Gasteiger charge is -2.33. The number of carbonyl (C=O) groups excluding carboxylic acids is 1. The SMILES string of the molecule is Cc1cccc(NC2CCN(C(=O)Nc3cccn4ncnc34)CC2)c1. The van der Waals surface area contributed by atoms with Gasteiger partial charge < -0.3 is 15.5 Å². The molecule has 0 radical (unpaired) electrons. The highest BCUT2D eigenvalue weighted by Crippen LogP contribution is 2.19. The van der Waals surface area contributed by atoms with Crippen LogP contribution in [0.5, 0.6) is 0 Å². The van der Waals surface area contributed by atoms with Gasteiger partial charge in [0.25, 0.3) is 0 Å². The van der Waals surface area contributed by atoms with Gasteiger partial charge >= 0.3 is 6.03 Å². The van der Waals surface area contributed by atoms with Gasteiger partial charge in [-0.05, 0) is 49.6 Å². The molecule has 1 saturated heterocycles. The number of hydrogen-bond acceptors (Lipinski definition) is 4. The normalized spacial score (nSPS) is 15.2. The van der Waals surface area contributed by atoms with Gasteiger partial charge in [-0.15, -0.1) is 0 Å². The van der Waals surface area contributed by atoms with E-state index in [1.165, 1.54) is 11.9 Å². The Labute approximate surface area is 152 Å². The second-order valence-electron chi connectivity index (χ2n) is 6.66. The van der Waals surface area contributed by atoms with Crippen molar-refractivity contribution >= 4 is 23.1 Å². The summed E-state index contributed by atoms with van der Waals surface area (Å²) in [5.41, 5.74) is 3.72. The fraction of sp³-hybridized carbons (Fsp3) is 0.316. The van der Waals surface area contributed by atoms with Crippen molar-refractivity contribution in [1.29, 1.82) is 0 Å². The highest BCUT2D eigenvalue weighted by atomic mass is 16.2. The molecule has 2 N–H and O–H groups in total. The van der Waals surface area contributed by atoms with Crippen LogP contribution in [-0.4, -0.2) is 44.7 Å². The molecule has 3 aromatic rings. The summed E-state index contributed by atoms with van der Waals surface area (Å²) in [6, 6.07) is 12.4. The van der Waals surface area contributed by atoms with Crippen LogP contribution >= 0.6 is 0 Å². The summed E-state index contributed by atoms with van der Waals surface area (Å²) in [4.78, 5) is 18.6. The van der Waals surface area contributed by atoms with Gasteiger partial charge in [0.1, 0.15) is 6.33 Å². The zero-order chi connectivity index (χ0) is 17.9. The fourth-order valence-electron chi connectivity index (χ4n) is 3.34. The van der Waals surface area contributed by atoms with Crippen LogP contribution in [0.15, 0.2) is 48.9 Å². The molecule has 0 saturated carbocycles. The number of aryl methyl sites for hydroxylation is 1. The molecule has 3 heterocycles. The highest BCUT2D eigenvalue weighted by molar-refractivity contribution is 5.93. The molecule has 1 aliphatic rings. The predicted octanol–water partition coefficient (Wildman–Crippen LogP) is 3.15. The standard InChI is InChI=1S/C19H22N6O/c1-14-4-2-5-16(12-14)22-15-7-10-24(11-8-15)19(26)23-17-6-3-9-25-18(17)20-13-21-25/h2-6,9,12-13,15,22H,7-8,10-11H2,1H3,(H,23,26). The quantitative estimate of drug-likeness (QED) is 0.761. The summed E-state index contributed by atoms with van der Waals surface area (Å²) >= 11 is 0. The molecule has 7 nitrogen and oxygen atoms in total. The smallest absolute Gasteiger partial charge is 0.321 e. The number of pyridine rings is 1. The summed E-state index contributed by atoms with van der Waals surface area (Å²) in [5, 5.41) is 10.6. The van der Waals surface area contributed by atoms with Crippen LogP contribution in [0.25, 0.3) is 5.65 Å². The number of carbonyl (C=O) groups is 1. The van der Waals surface area contributed by atoms with Crippen molar-refractivity contribution in [3.05, 3.63) is 54.5 Å². The van der Waals surface area contributed by atoms with Crippen LogP contribution in [0, 0.1) is 6.92 Å². The summed E-state index contributed by atoms with van der Waals surface area (Å²) in [6.07, 6.45) is 5.14. The summed E-state index contributed by atoms with van der Waals surface area (Å²) < 4.78 is 1.65. The van der Waals surface area contributed by atoms with Gasteiger partial charge in [0.15, 0.2) is 5.65 Å². The molecule has 4 rings (SSSR count). The lowest BCUT2D eigenvalue weighted by atomic mass is 10.0. The molecule has 7 heteroatoms. The zero-order valence-corrected chi connectivity index (χ0v) is 14.7. The monoisotopic (exact) mass is 350 g/mol. The number of amides is 2. The molecular formula is C19H22N6O. The summed E-state index contributed by atoms with van der Waals surface area (Å²) in [6.45, 7) is 3.55. The molecule has 0 atom stereocenters. The first kappa shape index (κ1) is 16.4. The molecule has 26 heavy (non-hydrogen) atoms. The van der Waals surface area contributed by atoms with E-state index in [9.17, 15) is 4.79 Å². The van der Waals surface area contributed by atoms with E-state index in [0.717, 1.165) is 31.6 Å². The number of benzene rings is 1. The average Bonchev–Trinajstić information content (AvgIpc) is 3.12. The first-order valence-corrected chi connectivity index (χ1v) is 8.86. The van der Waals surface area contributed by atoms with Crippen molar-refractivity contribution in [2.24, 2.45) is 0 Å². The Morgan fingerprint density at radius 2 is 2.04 bits per heavy atom. The minimum atomic E-state index is -0.0879. The number of piperidine rings is 1. The molecule has 1 aromatic carbocycles. The van der Waals surface area contributed by atoms with E-state index in [0.29, 0.717) is 17.4 Å². The van der Waals surface area contributed by atoms with E-state index in [-0.39, 0.29) is 6.03 Å². The summed E-state index contributed by atoms with van der Waals surface area (Å²) in [5.74, 6) is 0. The van der Waals surface area contributed by atoms with Gasteiger partial charge in [0.05, 0.1) is 5.69 Å². The number of fused-ring (bicyclic) bond motifs is 1. The minimum absolute atomic E-state index is 0.0879. The molecule has 0 unspecified atom stereocenters. The van der Waals surface area contributed by atoms with Crippen molar-refractivity contribution in [2.45, 2.75) is 25.8 Å². The van der Waals surface area contributed by atoms with Gasteiger partial charge in [-0.2, -0.15) is 5.10 Å². The van der Waals surface area contributed by atoms with Crippen LogP contribution in [-0.2, 0) is 0 Å². The Hall–Kier alpha value is -3.09. The molecule has 134 valence electrons. The summed E-state index contributed by atoms with van der Waals surface area (Å²) in [7, 11) is 0. The van der Waals surface area contributed by atoms with Gasteiger partial charge in [-0.3, -0.25) is 0 Å². The molecular weight excluding hydrogens is 328 g/mol. The van der Waals surface area contributed by atoms with Crippen molar-refractivity contribution in [1.82, 2.24) is 19.5 Å². The van der Waals surface area contributed by atoms with Gasteiger partial charge in [-0.25, -0.2) is 14.3 Å². The molecule has 2 amide bonds. The maximum atomic E-state index is 12.6. The van der Waals surface area contributed by atoms with E-state index in [4.69, 9.17) is 0 Å². The van der Waals surface area contributed by atoms with Gasteiger partial charge in [-0.1, -0.05) is 12.1 Å². The van der Waals surface area contributed by atoms with E-state index in [2.05, 4.69) is 51.9 Å². The molecule has 1 aliphatic heterocycles. The third-order valence-corrected chi connectivity index (χ3v) is 4.72. The Morgan fingerprint density at radius 1 is 1.19 bits per heavy atom. The minimum Gasteiger partial charge on any atom is -0.382 e. The van der Waals surface area contributed by atoms with Crippen LogP contribution < -0.4 is 10.6 Å². The Bertz CT molecular complexity index is 913. The largest absolute Gasteiger partial charge is 0.382 e. The maximum Gasteiger partial charge on any atom is 0.321 e. The van der Waals surface area contributed by atoms with Crippen molar-refractivity contribution in [3.8, 4) is 0 Å². The first-order valence-electron chi connectivity index (χ1n) is 8.86. The van der Waals surface area contributed by atoms with Crippen LogP contribution in [0.1, 0.15) is 18.4 Å². The fourth-order valence-corrected chi connectivity index (χ4v) is 3.34. The maximum absolute atomic E-state index is 12.6. The van der Waals surface area contributed by atoms with E-state index in [1.807, 2.05) is 17.0 Å².